The number of aromatic nitrogens is 1. The van der Waals surface area contributed by atoms with Crippen molar-refractivity contribution in [1.29, 1.82) is 0 Å². The van der Waals surface area contributed by atoms with Crippen molar-refractivity contribution in [1.82, 2.24) is 14.8 Å². The van der Waals surface area contributed by atoms with Crippen LogP contribution in [-0.2, 0) is 24.5 Å². The first-order valence-corrected chi connectivity index (χ1v) is 11.1. The minimum atomic E-state index is -1.55. The third-order valence-electron chi connectivity index (χ3n) is 6.08. The van der Waals surface area contributed by atoms with Crippen molar-refractivity contribution < 1.29 is 23.5 Å². The fraction of sp³-hybridized carbons (Fsp3) is 0.455. The maximum absolute atomic E-state index is 14.9. The average Bonchev–Trinajstić information content (AvgIpc) is 3.48. The summed E-state index contributed by atoms with van der Waals surface area (Å²) < 4.78 is 19.9. The van der Waals surface area contributed by atoms with Crippen LogP contribution in [0.5, 0.6) is 0 Å². The Kier molecular flexibility index (Phi) is 6.15. The van der Waals surface area contributed by atoms with Crippen molar-refractivity contribution in [2.75, 3.05) is 26.8 Å². The third kappa shape index (κ3) is 3.87. The van der Waals surface area contributed by atoms with Gasteiger partial charge in [-0.05, 0) is 18.9 Å². The van der Waals surface area contributed by atoms with Gasteiger partial charge in [0.1, 0.15) is 10.8 Å². The van der Waals surface area contributed by atoms with E-state index in [1.165, 1.54) is 36.6 Å². The van der Waals surface area contributed by atoms with Crippen LogP contribution in [0.4, 0.5) is 4.39 Å². The molecule has 0 bridgehead atoms. The predicted octanol–water partition coefficient (Wildman–Crippen LogP) is 2.68. The van der Waals surface area contributed by atoms with Gasteiger partial charge in [0.05, 0.1) is 24.6 Å². The Morgan fingerprint density at radius 1 is 1.35 bits per heavy atom. The van der Waals surface area contributed by atoms with Crippen molar-refractivity contribution in [3.63, 3.8) is 0 Å². The second-order valence-corrected chi connectivity index (χ2v) is 8.80. The highest BCUT2D eigenvalue weighted by Gasteiger charge is 2.55. The van der Waals surface area contributed by atoms with Crippen molar-refractivity contribution in [2.24, 2.45) is 0 Å². The topological polar surface area (TPSA) is 79.8 Å². The highest BCUT2D eigenvalue weighted by molar-refractivity contribution is 7.09. The summed E-state index contributed by atoms with van der Waals surface area (Å²) in [6.45, 7) is 0.799. The molecular formula is C22H24FN3O4S. The van der Waals surface area contributed by atoms with Crippen LogP contribution < -0.4 is 0 Å². The summed E-state index contributed by atoms with van der Waals surface area (Å²) in [5.74, 6) is -1.83. The van der Waals surface area contributed by atoms with Gasteiger partial charge in [-0.15, -0.1) is 11.3 Å². The number of ether oxygens (including phenoxy) is 1. The summed E-state index contributed by atoms with van der Waals surface area (Å²) in [7, 11) is 1.48. The van der Waals surface area contributed by atoms with Gasteiger partial charge >= 0.3 is 0 Å². The number of nitrogens with zero attached hydrogens (tertiary/aromatic N) is 3. The molecule has 0 saturated carbocycles. The minimum absolute atomic E-state index is 0.0734. The van der Waals surface area contributed by atoms with Crippen molar-refractivity contribution >= 4 is 29.1 Å². The molecule has 0 aliphatic carbocycles. The van der Waals surface area contributed by atoms with Crippen LogP contribution in [0.25, 0.3) is 0 Å². The summed E-state index contributed by atoms with van der Waals surface area (Å²) >= 11 is 1.48. The van der Waals surface area contributed by atoms with Crippen LogP contribution in [-0.4, -0.2) is 59.3 Å². The quantitative estimate of drug-likeness (QED) is 0.613. The fourth-order valence-corrected chi connectivity index (χ4v) is 5.37. The summed E-state index contributed by atoms with van der Waals surface area (Å²) in [6, 6.07) is 5.74. The minimum Gasteiger partial charge on any atom is -0.383 e. The van der Waals surface area contributed by atoms with E-state index < -0.39 is 23.0 Å². The van der Waals surface area contributed by atoms with E-state index in [2.05, 4.69) is 4.98 Å². The van der Waals surface area contributed by atoms with E-state index in [9.17, 15) is 18.8 Å². The molecule has 164 valence electrons. The highest BCUT2D eigenvalue weighted by Crippen LogP contribution is 2.43. The molecular weight excluding hydrogens is 421 g/mol. The Labute approximate surface area is 183 Å². The fourth-order valence-electron chi connectivity index (χ4n) is 4.58. The van der Waals surface area contributed by atoms with Crippen LogP contribution in [0.3, 0.4) is 0 Å². The Bertz CT molecular complexity index is 983. The average molecular weight is 446 g/mol. The number of carbonyl (C=O) groups is 3. The van der Waals surface area contributed by atoms with Crippen molar-refractivity contribution in [3.05, 3.63) is 52.2 Å². The van der Waals surface area contributed by atoms with Crippen molar-refractivity contribution in [2.45, 2.75) is 37.1 Å². The van der Waals surface area contributed by atoms with Gasteiger partial charge in [0, 0.05) is 43.6 Å². The van der Waals surface area contributed by atoms with Crippen LogP contribution in [0, 0.1) is 5.82 Å². The number of halogens is 1. The lowest BCUT2D eigenvalue weighted by molar-refractivity contribution is -0.143. The molecule has 7 nitrogen and oxygen atoms in total. The number of benzene rings is 1. The van der Waals surface area contributed by atoms with E-state index in [1.807, 2.05) is 5.38 Å². The highest BCUT2D eigenvalue weighted by atomic mass is 32.1. The molecule has 9 heteroatoms. The second-order valence-electron chi connectivity index (χ2n) is 7.87. The molecule has 2 aromatic rings. The molecule has 4 rings (SSSR count). The number of amides is 3. The molecule has 1 aromatic carbocycles. The molecule has 2 saturated heterocycles. The van der Waals surface area contributed by atoms with Crippen LogP contribution >= 0.6 is 11.3 Å². The lowest BCUT2D eigenvalue weighted by Crippen LogP contribution is -2.44. The van der Waals surface area contributed by atoms with Gasteiger partial charge in [0.2, 0.25) is 17.7 Å². The molecule has 0 radical (unpaired) electrons. The number of hydrogen-bond donors (Lipinski definition) is 0. The van der Waals surface area contributed by atoms with Crippen LogP contribution in [0.2, 0.25) is 0 Å². The molecule has 2 aliphatic rings. The maximum atomic E-state index is 14.9. The van der Waals surface area contributed by atoms with Crippen LogP contribution in [0.15, 0.2) is 35.8 Å². The summed E-state index contributed by atoms with van der Waals surface area (Å²) in [6.07, 6.45) is 2.82. The molecule has 3 amide bonds. The number of methoxy groups -OCH3 is 1. The third-order valence-corrected chi connectivity index (χ3v) is 6.96. The predicted molar refractivity (Wildman–Crippen MR) is 112 cm³/mol. The van der Waals surface area contributed by atoms with E-state index >= 15 is 0 Å². The summed E-state index contributed by atoms with van der Waals surface area (Å²) in [4.78, 5) is 46.8. The zero-order valence-corrected chi connectivity index (χ0v) is 18.1. The van der Waals surface area contributed by atoms with Crippen molar-refractivity contribution in [3.8, 4) is 0 Å². The standard InChI is InChI=1S/C22H24FN3O4S/c1-30-11-10-26-19(28)14-22(21(26)29,15-5-2-3-6-16(15)23)13-18(27)25-9-4-7-17(25)20-24-8-12-31-20/h2-3,5-6,8,12,17H,4,7,9-11,13-14H2,1H3/t17-,22+/m1/s1. The number of likely N-dealkylation sites (tertiary alicyclic amines) is 2. The lowest BCUT2D eigenvalue weighted by atomic mass is 9.75. The first kappa shape index (κ1) is 21.6. The zero-order valence-electron chi connectivity index (χ0n) is 17.3. The normalized spacial score (nSPS) is 23.7. The van der Waals surface area contributed by atoms with E-state index in [4.69, 9.17) is 4.74 Å². The SMILES string of the molecule is COCCN1C(=O)C[C@@](CC(=O)N2CCC[C@@H]2c2nccs2)(c2ccccc2F)C1=O. The number of rotatable bonds is 7. The van der Waals surface area contributed by atoms with Gasteiger partial charge < -0.3 is 9.64 Å². The Hall–Kier alpha value is -2.65. The lowest BCUT2D eigenvalue weighted by Gasteiger charge is -2.31. The molecule has 0 unspecified atom stereocenters. The maximum Gasteiger partial charge on any atom is 0.241 e. The van der Waals surface area contributed by atoms with E-state index in [0.29, 0.717) is 6.54 Å². The molecule has 31 heavy (non-hydrogen) atoms. The number of hydrogen-bond acceptors (Lipinski definition) is 6. The molecule has 0 spiro atoms. The molecule has 2 aliphatic heterocycles. The zero-order chi connectivity index (χ0) is 22.0. The van der Waals surface area contributed by atoms with E-state index in [-0.39, 0.29) is 43.5 Å². The van der Waals surface area contributed by atoms with Gasteiger partial charge in [-0.2, -0.15) is 0 Å². The van der Waals surface area contributed by atoms with Gasteiger partial charge in [-0.3, -0.25) is 19.3 Å². The molecule has 1 aromatic heterocycles. The monoisotopic (exact) mass is 445 g/mol. The van der Waals surface area contributed by atoms with Gasteiger partial charge in [-0.25, -0.2) is 9.37 Å². The van der Waals surface area contributed by atoms with E-state index in [1.54, 1.807) is 17.2 Å². The number of thiazole rings is 1. The van der Waals surface area contributed by atoms with Crippen LogP contribution in [0.1, 0.15) is 42.3 Å². The Morgan fingerprint density at radius 3 is 2.87 bits per heavy atom. The first-order valence-electron chi connectivity index (χ1n) is 10.3. The molecule has 3 heterocycles. The molecule has 0 N–H and O–H groups in total. The van der Waals surface area contributed by atoms with Gasteiger partial charge in [0.15, 0.2) is 0 Å². The smallest absolute Gasteiger partial charge is 0.241 e. The van der Waals surface area contributed by atoms with E-state index in [0.717, 1.165) is 22.7 Å². The Morgan fingerprint density at radius 2 is 2.16 bits per heavy atom. The van der Waals surface area contributed by atoms with Gasteiger partial charge in [0.25, 0.3) is 0 Å². The summed E-state index contributed by atoms with van der Waals surface area (Å²) in [5.41, 5.74) is -1.46. The summed E-state index contributed by atoms with van der Waals surface area (Å²) in [5, 5.41) is 2.71. The Balaban J connectivity index is 1.68. The molecule has 2 fully saturated rings. The second kappa shape index (κ2) is 8.84. The van der Waals surface area contributed by atoms with Gasteiger partial charge in [-0.1, -0.05) is 18.2 Å². The molecule has 2 atom stereocenters. The number of carbonyl (C=O) groups excluding carboxylic acids is 3. The largest absolute Gasteiger partial charge is 0.383 e. The first-order chi connectivity index (χ1) is 15.0. The number of imide groups is 1.